The van der Waals surface area contributed by atoms with Crippen molar-refractivity contribution >= 4 is 49.4 Å². The highest BCUT2D eigenvalue weighted by Crippen LogP contribution is 2.38. The number of ketones is 1. The molecule has 0 aliphatic carbocycles. The highest BCUT2D eigenvalue weighted by molar-refractivity contribution is 6.13. The van der Waals surface area contributed by atoms with Crippen LogP contribution in [0.2, 0.25) is 0 Å². The van der Waals surface area contributed by atoms with Crippen LogP contribution >= 0.6 is 0 Å². The van der Waals surface area contributed by atoms with Crippen molar-refractivity contribution in [3.05, 3.63) is 211 Å². The maximum atomic E-state index is 13.2. The van der Waals surface area contributed by atoms with Crippen LogP contribution in [-0.4, -0.2) is 29.9 Å². The minimum atomic E-state index is -0.0306. The predicted molar refractivity (Wildman–Crippen MR) is 235 cm³/mol. The molecule has 0 amide bonds. The molecule has 0 saturated carbocycles. The molecule has 0 N–H and O–H groups in total. The van der Waals surface area contributed by atoms with Crippen LogP contribution < -0.4 is 0 Å². The van der Waals surface area contributed by atoms with Gasteiger partial charge in [0.15, 0.2) is 17.4 Å². The molecule has 0 fully saturated rings. The number of benzene rings is 8. The monoisotopic (exact) mass is 743 g/mol. The Balaban J connectivity index is 1.05. The Kier molecular flexibility index (Phi) is 7.86. The largest absolute Gasteiger partial charge is 0.309 e. The van der Waals surface area contributed by atoms with E-state index in [4.69, 9.17) is 15.0 Å². The smallest absolute Gasteiger partial charge is 0.238 e. The first-order valence-corrected chi connectivity index (χ1v) is 19.3. The third-order valence-electron chi connectivity index (χ3n) is 11.0. The van der Waals surface area contributed by atoms with Crippen LogP contribution in [-0.2, 0) is 0 Å². The van der Waals surface area contributed by atoms with Gasteiger partial charge in [-0.3, -0.25) is 9.36 Å². The number of nitrogens with zero attached hydrogens (tertiary/aromatic N) is 5. The number of aromatic nitrogens is 5. The van der Waals surface area contributed by atoms with Crippen LogP contribution in [0.3, 0.4) is 0 Å². The second kappa shape index (κ2) is 13.7. The topological polar surface area (TPSA) is 65.6 Å². The zero-order valence-electron chi connectivity index (χ0n) is 31.2. The van der Waals surface area contributed by atoms with Crippen LogP contribution in [0.1, 0.15) is 15.9 Å². The van der Waals surface area contributed by atoms with E-state index in [2.05, 4.69) is 124 Å². The predicted octanol–water partition coefficient (Wildman–Crippen LogP) is 12.3. The molecule has 272 valence electrons. The lowest BCUT2D eigenvalue weighted by atomic mass is 10.0. The van der Waals surface area contributed by atoms with Crippen LogP contribution in [0.15, 0.2) is 200 Å². The summed E-state index contributed by atoms with van der Waals surface area (Å²) in [5.41, 5.74) is 10.7. The van der Waals surface area contributed by atoms with Crippen LogP contribution in [0.25, 0.3) is 89.2 Å². The maximum Gasteiger partial charge on any atom is 0.238 e. The van der Waals surface area contributed by atoms with Gasteiger partial charge in [-0.25, -0.2) is 4.98 Å². The van der Waals surface area contributed by atoms with Crippen molar-refractivity contribution in [2.45, 2.75) is 0 Å². The van der Waals surface area contributed by atoms with E-state index >= 15 is 0 Å². The summed E-state index contributed by atoms with van der Waals surface area (Å²) in [5.74, 6) is 1.57. The summed E-state index contributed by atoms with van der Waals surface area (Å²) in [4.78, 5) is 28.4. The van der Waals surface area contributed by atoms with Crippen LogP contribution in [0, 0.1) is 0 Å². The molecule has 3 heterocycles. The highest BCUT2D eigenvalue weighted by atomic mass is 16.1. The average Bonchev–Trinajstić information content (AvgIpc) is 3.82. The molecular formula is C52H33N5O. The lowest BCUT2D eigenvalue weighted by molar-refractivity contribution is 0.103. The fourth-order valence-corrected chi connectivity index (χ4v) is 8.21. The van der Waals surface area contributed by atoms with Gasteiger partial charge >= 0.3 is 0 Å². The van der Waals surface area contributed by atoms with E-state index in [9.17, 15) is 4.79 Å². The van der Waals surface area contributed by atoms with E-state index in [1.54, 1.807) is 0 Å². The molecule has 6 nitrogen and oxygen atoms in total. The van der Waals surface area contributed by atoms with Gasteiger partial charge < -0.3 is 4.57 Å². The van der Waals surface area contributed by atoms with Crippen molar-refractivity contribution in [2.24, 2.45) is 0 Å². The molecule has 0 bridgehead atoms. The van der Waals surface area contributed by atoms with Crippen LogP contribution in [0.4, 0.5) is 0 Å². The molecule has 6 heteroatoms. The van der Waals surface area contributed by atoms with E-state index in [-0.39, 0.29) is 5.78 Å². The van der Waals surface area contributed by atoms with Crippen LogP contribution in [0.5, 0.6) is 0 Å². The van der Waals surface area contributed by atoms with Crippen molar-refractivity contribution in [3.8, 4) is 45.5 Å². The van der Waals surface area contributed by atoms with Crippen molar-refractivity contribution in [3.63, 3.8) is 0 Å². The van der Waals surface area contributed by atoms with Gasteiger partial charge in [0.25, 0.3) is 0 Å². The van der Waals surface area contributed by atoms with Gasteiger partial charge in [0.05, 0.1) is 22.1 Å². The Bertz CT molecular complexity index is 3330. The minimum absolute atomic E-state index is 0.0306. The van der Waals surface area contributed by atoms with E-state index in [1.165, 1.54) is 21.8 Å². The molecule has 0 radical (unpaired) electrons. The fourth-order valence-electron chi connectivity index (χ4n) is 8.21. The van der Waals surface area contributed by atoms with E-state index < -0.39 is 0 Å². The minimum Gasteiger partial charge on any atom is -0.309 e. The number of carbonyl (C=O) groups excluding carboxylic acids is 1. The normalized spacial score (nSPS) is 11.5. The van der Waals surface area contributed by atoms with Gasteiger partial charge in [0.2, 0.25) is 5.95 Å². The molecule has 0 atom stereocenters. The summed E-state index contributed by atoms with van der Waals surface area (Å²) in [7, 11) is 0. The third-order valence-corrected chi connectivity index (χ3v) is 11.0. The maximum absolute atomic E-state index is 13.2. The average molecular weight is 744 g/mol. The number of hydrogen-bond acceptors (Lipinski definition) is 4. The number of fused-ring (bicyclic) bond motifs is 6. The Morgan fingerprint density at radius 2 is 0.776 bits per heavy atom. The van der Waals surface area contributed by atoms with Crippen molar-refractivity contribution in [2.75, 3.05) is 0 Å². The Morgan fingerprint density at radius 1 is 0.345 bits per heavy atom. The first-order chi connectivity index (χ1) is 28.7. The molecule has 0 saturated heterocycles. The lowest BCUT2D eigenvalue weighted by Crippen LogP contribution is -2.06. The molecule has 8 aromatic carbocycles. The van der Waals surface area contributed by atoms with Gasteiger partial charge in [-0.05, 0) is 59.7 Å². The summed E-state index contributed by atoms with van der Waals surface area (Å²) in [6, 6.07) is 67.9. The summed E-state index contributed by atoms with van der Waals surface area (Å²) in [6.07, 6.45) is 0. The second-order valence-corrected chi connectivity index (χ2v) is 14.4. The van der Waals surface area contributed by atoms with E-state index in [0.717, 1.165) is 49.7 Å². The summed E-state index contributed by atoms with van der Waals surface area (Å²) in [6.45, 7) is 0. The van der Waals surface area contributed by atoms with Crippen molar-refractivity contribution in [1.29, 1.82) is 0 Å². The first-order valence-electron chi connectivity index (χ1n) is 19.3. The first kappa shape index (κ1) is 33.4. The molecule has 11 rings (SSSR count). The highest BCUT2D eigenvalue weighted by Gasteiger charge is 2.20. The summed E-state index contributed by atoms with van der Waals surface area (Å²) in [5, 5.41) is 4.64. The standard InChI is InChI=1S/C52H33N5O/c58-49(34-14-4-1-5-15-34)35-24-26-37(27-25-35)51-53-50(36-16-6-2-7-17-36)54-52(55-51)57-46-23-13-11-21-42(46)44-33-39(29-31-48(44)57)38-28-30-47-43(32-38)41-20-10-12-22-45(41)56(47)40-18-8-3-9-19-40/h1-33H. The number of rotatable bonds is 7. The molecule has 58 heavy (non-hydrogen) atoms. The molecule has 3 aromatic heterocycles. The third kappa shape index (κ3) is 5.58. The molecule has 0 aliphatic heterocycles. The molecular weight excluding hydrogens is 711 g/mol. The number of hydrogen-bond donors (Lipinski definition) is 0. The van der Waals surface area contributed by atoms with Gasteiger partial charge in [-0.2, -0.15) is 9.97 Å². The Labute approximate surface area is 334 Å². The zero-order chi connectivity index (χ0) is 38.6. The van der Waals surface area contributed by atoms with Gasteiger partial charge in [-0.15, -0.1) is 0 Å². The number of para-hydroxylation sites is 3. The second-order valence-electron chi connectivity index (χ2n) is 14.4. The molecule has 0 aliphatic rings. The Morgan fingerprint density at radius 3 is 1.38 bits per heavy atom. The summed E-state index contributed by atoms with van der Waals surface area (Å²) >= 11 is 0. The van der Waals surface area contributed by atoms with Crippen molar-refractivity contribution < 1.29 is 4.79 Å². The zero-order valence-corrected chi connectivity index (χ0v) is 31.2. The summed E-state index contributed by atoms with van der Waals surface area (Å²) < 4.78 is 4.48. The Hall–Kier alpha value is -7.96. The van der Waals surface area contributed by atoms with Crippen molar-refractivity contribution in [1.82, 2.24) is 24.1 Å². The lowest BCUT2D eigenvalue weighted by Gasteiger charge is -2.11. The molecule has 0 spiro atoms. The quantitative estimate of drug-likeness (QED) is 0.152. The molecule has 11 aromatic rings. The van der Waals surface area contributed by atoms with Gasteiger partial charge in [0.1, 0.15) is 0 Å². The molecule has 0 unspecified atom stereocenters. The SMILES string of the molecule is O=C(c1ccccc1)c1ccc(-c2nc(-c3ccccc3)nc(-n3c4ccccc4c4cc(-c5ccc6c(c5)c5ccccc5n6-c5ccccc5)ccc43)n2)cc1. The van der Waals surface area contributed by atoms with Gasteiger partial charge in [-0.1, -0.05) is 152 Å². The number of carbonyl (C=O) groups is 1. The van der Waals surface area contributed by atoms with E-state index in [1.807, 2.05) is 84.9 Å². The fraction of sp³-hybridized carbons (Fsp3) is 0. The van der Waals surface area contributed by atoms with Gasteiger partial charge in [0, 0.05) is 49.5 Å². The van der Waals surface area contributed by atoms with E-state index in [0.29, 0.717) is 28.7 Å².